The van der Waals surface area contributed by atoms with E-state index >= 15 is 0 Å². The van der Waals surface area contributed by atoms with Gasteiger partial charge in [-0.3, -0.25) is 14.4 Å². The van der Waals surface area contributed by atoms with Crippen LogP contribution in [0.1, 0.15) is 43.2 Å². The van der Waals surface area contributed by atoms with E-state index in [1.807, 2.05) is 60.7 Å². The van der Waals surface area contributed by atoms with E-state index in [0.29, 0.717) is 25.0 Å². The van der Waals surface area contributed by atoms with Crippen LogP contribution in [-0.4, -0.2) is 33.8 Å². The second-order valence-corrected chi connectivity index (χ2v) is 8.72. The van der Waals surface area contributed by atoms with E-state index in [2.05, 4.69) is 0 Å². The van der Waals surface area contributed by atoms with E-state index in [4.69, 9.17) is 9.84 Å². The molecule has 0 aromatic heterocycles. The van der Waals surface area contributed by atoms with E-state index in [1.54, 1.807) is 0 Å². The molecule has 6 heteroatoms. The largest absolute Gasteiger partial charge is 0.481 e. The molecule has 3 rings (SSSR count). The standard InChI is InChI=1S/C24H26O5S/c25-20-17-24(15-8-7-13-21(26)27,19-11-5-2-6-12-19)29-23(28)22(20)30-16-14-18-9-3-1-4-10-18/h1-6,9-12,22H,7-8,13-17H2,(H,26,27). The number of thioether (sulfide) groups is 1. The van der Waals surface area contributed by atoms with Crippen molar-refractivity contribution in [2.45, 2.75) is 49.4 Å². The molecule has 1 fully saturated rings. The van der Waals surface area contributed by atoms with Gasteiger partial charge in [-0.2, -0.15) is 0 Å². The van der Waals surface area contributed by atoms with Crippen molar-refractivity contribution in [2.75, 3.05) is 5.75 Å². The summed E-state index contributed by atoms with van der Waals surface area (Å²) in [7, 11) is 0. The summed E-state index contributed by atoms with van der Waals surface area (Å²) in [6.07, 6.45) is 2.44. The number of carbonyl (C=O) groups is 3. The van der Waals surface area contributed by atoms with Gasteiger partial charge in [0.1, 0.15) is 5.60 Å². The fourth-order valence-corrected chi connectivity index (χ4v) is 4.80. The molecule has 1 N–H and O–H groups in total. The van der Waals surface area contributed by atoms with Crippen LogP contribution in [0.25, 0.3) is 0 Å². The number of aryl methyl sites for hydroxylation is 1. The van der Waals surface area contributed by atoms with Gasteiger partial charge in [0.2, 0.25) is 0 Å². The minimum Gasteiger partial charge on any atom is -0.481 e. The number of hydrogen-bond donors (Lipinski definition) is 1. The molecule has 0 saturated carbocycles. The monoisotopic (exact) mass is 426 g/mol. The summed E-state index contributed by atoms with van der Waals surface area (Å²) >= 11 is 1.33. The number of benzene rings is 2. The number of carboxylic acids is 1. The first-order valence-corrected chi connectivity index (χ1v) is 11.2. The Labute approximate surface area is 180 Å². The fourth-order valence-electron chi connectivity index (χ4n) is 3.76. The molecule has 0 bridgehead atoms. The molecule has 1 saturated heterocycles. The summed E-state index contributed by atoms with van der Waals surface area (Å²) < 4.78 is 5.92. The van der Waals surface area contributed by atoms with Crippen molar-refractivity contribution in [1.82, 2.24) is 0 Å². The molecule has 158 valence electrons. The molecule has 2 atom stereocenters. The second-order valence-electron chi connectivity index (χ2n) is 7.51. The Balaban J connectivity index is 1.66. The zero-order valence-electron chi connectivity index (χ0n) is 16.8. The number of carbonyl (C=O) groups excluding carboxylic acids is 2. The van der Waals surface area contributed by atoms with Crippen molar-refractivity contribution >= 4 is 29.5 Å². The van der Waals surface area contributed by atoms with E-state index in [1.165, 1.54) is 17.3 Å². The molecule has 2 aromatic carbocycles. The summed E-state index contributed by atoms with van der Waals surface area (Å²) in [4.78, 5) is 36.6. The number of Topliss-reactive ketones (excluding diaryl/α,β-unsaturated/α-hetero) is 1. The maximum Gasteiger partial charge on any atom is 0.327 e. The van der Waals surface area contributed by atoms with Gasteiger partial charge in [-0.1, -0.05) is 60.7 Å². The van der Waals surface area contributed by atoms with E-state index in [-0.39, 0.29) is 18.6 Å². The summed E-state index contributed by atoms with van der Waals surface area (Å²) in [5.74, 6) is -0.805. The zero-order chi connectivity index (χ0) is 21.4. The quantitative estimate of drug-likeness (QED) is 0.345. The fraction of sp³-hybridized carbons (Fsp3) is 0.375. The van der Waals surface area contributed by atoms with Crippen molar-refractivity contribution in [2.24, 2.45) is 0 Å². The van der Waals surface area contributed by atoms with Crippen molar-refractivity contribution in [3.05, 3.63) is 71.8 Å². The Morgan fingerprint density at radius 1 is 1.03 bits per heavy atom. The maximum absolute atomic E-state index is 13.0. The Morgan fingerprint density at radius 3 is 2.33 bits per heavy atom. The van der Waals surface area contributed by atoms with Crippen LogP contribution in [0.5, 0.6) is 0 Å². The third kappa shape index (κ3) is 5.72. The number of carboxylic acid groups (broad SMARTS) is 1. The topological polar surface area (TPSA) is 80.7 Å². The third-order valence-corrected chi connectivity index (χ3v) is 6.53. The molecular formula is C24H26O5S. The number of aliphatic carboxylic acids is 1. The lowest BCUT2D eigenvalue weighted by molar-refractivity contribution is -0.172. The summed E-state index contributed by atoms with van der Waals surface area (Å²) in [6.45, 7) is 0. The molecule has 0 radical (unpaired) electrons. The lowest BCUT2D eigenvalue weighted by atomic mass is 9.81. The lowest BCUT2D eigenvalue weighted by Gasteiger charge is -2.39. The highest BCUT2D eigenvalue weighted by Crippen LogP contribution is 2.41. The number of esters is 1. The zero-order valence-corrected chi connectivity index (χ0v) is 17.6. The van der Waals surface area contributed by atoms with Crippen LogP contribution in [-0.2, 0) is 31.1 Å². The molecule has 5 nitrogen and oxygen atoms in total. The normalized spacial score (nSPS) is 21.3. The first-order valence-electron chi connectivity index (χ1n) is 10.2. The van der Waals surface area contributed by atoms with Gasteiger partial charge in [-0.25, -0.2) is 0 Å². The minimum atomic E-state index is -1.01. The first kappa shape index (κ1) is 22.1. The Bertz CT molecular complexity index is 848. The van der Waals surface area contributed by atoms with Crippen LogP contribution in [0.3, 0.4) is 0 Å². The first-order chi connectivity index (χ1) is 14.5. The van der Waals surface area contributed by atoms with E-state index in [0.717, 1.165) is 12.0 Å². The Hall–Kier alpha value is -2.60. The molecule has 1 heterocycles. The van der Waals surface area contributed by atoms with Crippen molar-refractivity contribution in [3.8, 4) is 0 Å². The molecule has 1 aliphatic rings. The smallest absolute Gasteiger partial charge is 0.327 e. The second kappa shape index (κ2) is 10.4. The van der Waals surface area contributed by atoms with Crippen LogP contribution < -0.4 is 0 Å². The van der Waals surface area contributed by atoms with E-state index in [9.17, 15) is 14.4 Å². The number of hydrogen-bond acceptors (Lipinski definition) is 5. The number of unbranched alkanes of at least 4 members (excludes halogenated alkanes) is 1. The summed E-state index contributed by atoms with van der Waals surface area (Å²) in [5.41, 5.74) is 0.943. The highest BCUT2D eigenvalue weighted by molar-refractivity contribution is 8.01. The number of rotatable bonds is 10. The highest BCUT2D eigenvalue weighted by Gasteiger charge is 2.47. The van der Waals surface area contributed by atoms with Crippen molar-refractivity contribution in [3.63, 3.8) is 0 Å². The number of cyclic esters (lactones) is 1. The molecule has 1 aliphatic heterocycles. The molecule has 2 unspecified atom stereocenters. The Morgan fingerprint density at radius 2 is 1.70 bits per heavy atom. The predicted octanol–water partition coefficient (Wildman–Crippen LogP) is 4.39. The van der Waals surface area contributed by atoms with Gasteiger partial charge >= 0.3 is 11.9 Å². The molecule has 0 amide bonds. The van der Waals surface area contributed by atoms with Gasteiger partial charge in [-0.15, -0.1) is 11.8 Å². The van der Waals surface area contributed by atoms with Gasteiger partial charge in [0.15, 0.2) is 11.0 Å². The van der Waals surface area contributed by atoms with Gasteiger partial charge in [0.05, 0.1) is 6.42 Å². The summed E-state index contributed by atoms with van der Waals surface area (Å²) in [6, 6.07) is 19.3. The van der Waals surface area contributed by atoms with Crippen LogP contribution in [0.2, 0.25) is 0 Å². The Kier molecular flexibility index (Phi) is 7.69. The third-order valence-electron chi connectivity index (χ3n) is 5.30. The van der Waals surface area contributed by atoms with E-state index < -0.39 is 22.8 Å². The average molecular weight is 427 g/mol. The van der Waals surface area contributed by atoms with Crippen molar-refractivity contribution < 1.29 is 24.2 Å². The molecule has 30 heavy (non-hydrogen) atoms. The van der Waals surface area contributed by atoms with Crippen molar-refractivity contribution in [1.29, 1.82) is 0 Å². The lowest BCUT2D eigenvalue weighted by Crippen LogP contribution is -2.47. The van der Waals surface area contributed by atoms with Gasteiger partial charge in [-0.05, 0) is 42.6 Å². The minimum absolute atomic E-state index is 0.0602. The van der Waals surface area contributed by atoms with Crippen LogP contribution >= 0.6 is 11.8 Å². The van der Waals surface area contributed by atoms with Crippen LogP contribution in [0.15, 0.2) is 60.7 Å². The van der Waals surface area contributed by atoms with Gasteiger partial charge in [0, 0.05) is 6.42 Å². The maximum atomic E-state index is 13.0. The number of ether oxygens (including phenoxy) is 1. The molecule has 0 aliphatic carbocycles. The predicted molar refractivity (Wildman–Crippen MR) is 116 cm³/mol. The molecule has 2 aromatic rings. The molecular weight excluding hydrogens is 400 g/mol. The van der Waals surface area contributed by atoms with Crippen LogP contribution in [0.4, 0.5) is 0 Å². The average Bonchev–Trinajstić information content (AvgIpc) is 2.74. The highest BCUT2D eigenvalue weighted by atomic mass is 32.2. The van der Waals surface area contributed by atoms with Gasteiger partial charge in [0.25, 0.3) is 0 Å². The van der Waals surface area contributed by atoms with Crippen LogP contribution in [0, 0.1) is 0 Å². The summed E-state index contributed by atoms with van der Waals surface area (Å²) in [5, 5.41) is 8.07. The molecule has 0 spiro atoms. The number of ketones is 1. The van der Waals surface area contributed by atoms with Gasteiger partial charge < -0.3 is 9.84 Å². The SMILES string of the molecule is O=C(O)CCCCC1(c2ccccc2)CC(=O)C(SCCc2ccccc2)C(=O)O1.